The molecule has 0 amide bonds. The maximum Gasteiger partial charge on any atom is 0.143 e. The number of benzene rings is 1. The van der Waals surface area contributed by atoms with Gasteiger partial charge in [-0.1, -0.05) is 6.92 Å². The van der Waals surface area contributed by atoms with E-state index in [1.54, 1.807) is 0 Å². The lowest BCUT2D eigenvalue weighted by atomic mass is 10.0. The molecule has 0 spiro atoms. The molecule has 0 bridgehead atoms. The molecule has 0 saturated heterocycles. The molecule has 5 heteroatoms. The smallest absolute Gasteiger partial charge is 0.143 e. The molecule has 0 heterocycles. The van der Waals surface area contributed by atoms with Crippen LogP contribution in [0.15, 0.2) is 16.6 Å². The lowest BCUT2D eigenvalue weighted by molar-refractivity contribution is 0.140. The van der Waals surface area contributed by atoms with Crippen LogP contribution in [0.2, 0.25) is 0 Å². The summed E-state index contributed by atoms with van der Waals surface area (Å²) in [6.45, 7) is 6.26. The zero-order valence-electron chi connectivity index (χ0n) is 12.7. The molecule has 1 aromatic carbocycles. The lowest BCUT2D eigenvalue weighted by Crippen LogP contribution is -2.32. The summed E-state index contributed by atoms with van der Waals surface area (Å²) in [7, 11) is 0. The fourth-order valence-electron chi connectivity index (χ4n) is 2.20. The first-order valence-corrected chi connectivity index (χ1v) is 8.32. The largest absolute Gasteiger partial charge is 0.382 e. The Morgan fingerprint density at radius 3 is 2.71 bits per heavy atom. The van der Waals surface area contributed by atoms with Gasteiger partial charge in [0.1, 0.15) is 11.6 Å². The van der Waals surface area contributed by atoms with E-state index >= 15 is 0 Å². The summed E-state index contributed by atoms with van der Waals surface area (Å²) in [5, 5.41) is 3.36. The van der Waals surface area contributed by atoms with Crippen molar-refractivity contribution in [2.75, 3.05) is 19.8 Å². The van der Waals surface area contributed by atoms with Crippen LogP contribution in [0.4, 0.5) is 8.78 Å². The Labute approximate surface area is 134 Å². The van der Waals surface area contributed by atoms with E-state index in [1.165, 1.54) is 12.1 Å². The first kappa shape index (κ1) is 18.5. The van der Waals surface area contributed by atoms with Crippen molar-refractivity contribution in [1.29, 1.82) is 0 Å². The van der Waals surface area contributed by atoms with Gasteiger partial charge in [0.2, 0.25) is 0 Å². The van der Waals surface area contributed by atoms with Gasteiger partial charge in [0, 0.05) is 24.8 Å². The van der Waals surface area contributed by atoms with Crippen LogP contribution in [-0.4, -0.2) is 25.8 Å². The molecule has 120 valence electrons. The maximum absolute atomic E-state index is 14.0. The van der Waals surface area contributed by atoms with Crippen molar-refractivity contribution >= 4 is 15.9 Å². The summed E-state index contributed by atoms with van der Waals surface area (Å²) in [4.78, 5) is 0. The number of ether oxygens (including phenoxy) is 1. The van der Waals surface area contributed by atoms with Crippen LogP contribution in [0.3, 0.4) is 0 Å². The van der Waals surface area contributed by atoms with Crippen LogP contribution in [0.1, 0.15) is 38.7 Å². The van der Waals surface area contributed by atoms with Gasteiger partial charge in [-0.3, -0.25) is 0 Å². The summed E-state index contributed by atoms with van der Waals surface area (Å²) >= 11 is 3.11. The predicted octanol–water partition coefficient (Wildman–Crippen LogP) is 4.45. The second-order valence-electron chi connectivity index (χ2n) is 5.02. The minimum Gasteiger partial charge on any atom is -0.382 e. The van der Waals surface area contributed by atoms with Crippen molar-refractivity contribution in [1.82, 2.24) is 5.32 Å². The second-order valence-corrected chi connectivity index (χ2v) is 5.87. The average Bonchev–Trinajstić information content (AvgIpc) is 2.48. The summed E-state index contributed by atoms with van der Waals surface area (Å²) in [5.74, 6) is -0.980. The maximum atomic E-state index is 14.0. The van der Waals surface area contributed by atoms with Crippen LogP contribution in [0, 0.1) is 11.6 Å². The van der Waals surface area contributed by atoms with Gasteiger partial charge in [-0.25, -0.2) is 8.78 Å². The van der Waals surface area contributed by atoms with Gasteiger partial charge in [-0.2, -0.15) is 0 Å². The zero-order chi connectivity index (χ0) is 15.7. The Kier molecular flexibility index (Phi) is 9.04. The zero-order valence-corrected chi connectivity index (χ0v) is 14.3. The SMILES string of the molecule is CCCNC(CCCOCC)Cc1c(F)ccc(Br)c1F. The Morgan fingerprint density at radius 2 is 2.05 bits per heavy atom. The summed E-state index contributed by atoms with van der Waals surface area (Å²) < 4.78 is 33.5. The third-order valence-electron chi connectivity index (χ3n) is 3.32. The van der Waals surface area contributed by atoms with Crippen molar-refractivity contribution in [2.45, 2.75) is 45.6 Å². The van der Waals surface area contributed by atoms with E-state index in [0.29, 0.717) is 24.1 Å². The van der Waals surface area contributed by atoms with Crippen molar-refractivity contribution in [3.63, 3.8) is 0 Å². The monoisotopic (exact) mass is 363 g/mol. The molecule has 1 aromatic rings. The highest BCUT2D eigenvalue weighted by Crippen LogP contribution is 2.23. The van der Waals surface area contributed by atoms with E-state index in [1.807, 2.05) is 6.92 Å². The number of rotatable bonds is 10. The quantitative estimate of drug-likeness (QED) is 0.489. The van der Waals surface area contributed by atoms with Crippen molar-refractivity contribution in [2.24, 2.45) is 0 Å². The van der Waals surface area contributed by atoms with Crippen LogP contribution in [0.5, 0.6) is 0 Å². The van der Waals surface area contributed by atoms with Gasteiger partial charge in [0.25, 0.3) is 0 Å². The van der Waals surface area contributed by atoms with Crippen LogP contribution in [0.25, 0.3) is 0 Å². The lowest BCUT2D eigenvalue weighted by Gasteiger charge is -2.19. The number of halogens is 3. The summed E-state index contributed by atoms with van der Waals surface area (Å²) in [6.07, 6.45) is 3.06. The average molecular weight is 364 g/mol. The van der Waals surface area contributed by atoms with E-state index < -0.39 is 11.6 Å². The third-order valence-corrected chi connectivity index (χ3v) is 3.93. The molecule has 0 aliphatic carbocycles. The third kappa shape index (κ3) is 6.41. The van der Waals surface area contributed by atoms with Crippen molar-refractivity contribution in [3.05, 3.63) is 33.8 Å². The normalized spacial score (nSPS) is 12.6. The van der Waals surface area contributed by atoms with E-state index in [4.69, 9.17) is 4.74 Å². The Balaban J connectivity index is 2.68. The van der Waals surface area contributed by atoms with Crippen LogP contribution >= 0.6 is 15.9 Å². The van der Waals surface area contributed by atoms with Crippen molar-refractivity contribution < 1.29 is 13.5 Å². The van der Waals surface area contributed by atoms with Gasteiger partial charge in [0.15, 0.2) is 0 Å². The Bertz CT molecular complexity index is 429. The topological polar surface area (TPSA) is 21.3 Å². The van der Waals surface area contributed by atoms with Crippen molar-refractivity contribution in [3.8, 4) is 0 Å². The molecular formula is C16H24BrF2NO. The van der Waals surface area contributed by atoms with Crippen LogP contribution in [-0.2, 0) is 11.2 Å². The minimum absolute atomic E-state index is 0.0590. The molecule has 1 rings (SSSR count). The van der Waals surface area contributed by atoms with E-state index in [-0.39, 0.29) is 11.6 Å². The fourth-order valence-corrected chi connectivity index (χ4v) is 2.57. The molecule has 0 aliphatic heterocycles. The van der Waals surface area contributed by atoms with Crippen LogP contribution < -0.4 is 5.32 Å². The van der Waals surface area contributed by atoms with E-state index in [0.717, 1.165) is 25.8 Å². The molecule has 21 heavy (non-hydrogen) atoms. The molecule has 2 nitrogen and oxygen atoms in total. The highest BCUT2D eigenvalue weighted by molar-refractivity contribution is 9.10. The minimum atomic E-state index is -0.497. The van der Waals surface area contributed by atoms with Gasteiger partial charge in [-0.05, 0) is 67.2 Å². The second kappa shape index (κ2) is 10.2. The molecule has 0 aliphatic rings. The number of nitrogens with one attached hydrogen (secondary N) is 1. The fraction of sp³-hybridized carbons (Fsp3) is 0.625. The highest BCUT2D eigenvalue weighted by atomic mass is 79.9. The Morgan fingerprint density at radius 1 is 1.29 bits per heavy atom. The predicted molar refractivity (Wildman–Crippen MR) is 85.6 cm³/mol. The molecule has 1 unspecified atom stereocenters. The molecule has 0 aromatic heterocycles. The first-order valence-electron chi connectivity index (χ1n) is 7.53. The van der Waals surface area contributed by atoms with Gasteiger partial charge >= 0.3 is 0 Å². The summed E-state index contributed by atoms with van der Waals surface area (Å²) in [6, 6.07) is 2.76. The first-order chi connectivity index (χ1) is 10.1. The molecule has 0 radical (unpaired) electrons. The molecule has 0 saturated carbocycles. The van der Waals surface area contributed by atoms with E-state index in [2.05, 4.69) is 28.2 Å². The standard InChI is InChI=1S/C16H24BrF2NO/c1-3-9-20-12(6-5-10-21-4-2)11-13-15(18)8-7-14(17)16(13)19/h7-8,12,20H,3-6,9-11H2,1-2H3. The number of hydrogen-bond acceptors (Lipinski definition) is 2. The van der Waals surface area contributed by atoms with Gasteiger partial charge in [-0.15, -0.1) is 0 Å². The number of hydrogen-bond donors (Lipinski definition) is 1. The molecule has 0 fully saturated rings. The molecule has 1 atom stereocenters. The molecule has 1 N–H and O–H groups in total. The van der Waals surface area contributed by atoms with Gasteiger partial charge < -0.3 is 10.1 Å². The highest BCUT2D eigenvalue weighted by Gasteiger charge is 2.17. The summed E-state index contributed by atoms with van der Waals surface area (Å²) in [5.41, 5.74) is 0.148. The van der Waals surface area contributed by atoms with E-state index in [9.17, 15) is 8.78 Å². The molecular weight excluding hydrogens is 340 g/mol. The Hall–Kier alpha value is -0.520. The van der Waals surface area contributed by atoms with Gasteiger partial charge in [0.05, 0.1) is 4.47 Å².